The number of nitrogens with zero attached hydrogens (tertiary/aromatic N) is 2. The quantitative estimate of drug-likeness (QED) is 0.889. The van der Waals surface area contributed by atoms with Gasteiger partial charge in [-0.1, -0.05) is 13.0 Å². The minimum absolute atomic E-state index is 0.350. The van der Waals surface area contributed by atoms with Gasteiger partial charge >= 0.3 is 0 Å². The molecule has 2 aliphatic heterocycles. The lowest BCUT2D eigenvalue weighted by atomic mass is 10.1. The molecule has 23 heavy (non-hydrogen) atoms. The molecule has 2 bridgehead atoms. The van der Waals surface area contributed by atoms with E-state index < -0.39 is 0 Å². The van der Waals surface area contributed by atoms with E-state index in [1.54, 1.807) is 0 Å². The van der Waals surface area contributed by atoms with Crippen LogP contribution in [0.2, 0.25) is 0 Å². The third-order valence-electron chi connectivity index (χ3n) is 5.12. The lowest BCUT2D eigenvalue weighted by Gasteiger charge is -2.26. The molecule has 1 N–H and O–H groups in total. The zero-order valence-electron chi connectivity index (χ0n) is 13.9. The first kappa shape index (κ1) is 15.0. The van der Waals surface area contributed by atoms with Gasteiger partial charge in [0.05, 0.1) is 25.3 Å². The van der Waals surface area contributed by atoms with E-state index in [-0.39, 0.29) is 0 Å². The minimum atomic E-state index is 0.350. The predicted octanol–water partition coefficient (Wildman–Crippen LogP) is 2.43. The van der Waals surface area contributed by atoms with Crippen molar-refractivity contribution in [2.75, 3.05) is 33.3 Å². The number of likely N-dealkylation sites (N-methyl/N-ethyl adjacent to an activating group) is 1. The second kappa shape index (κ2) is 6.15. The third kappa shape index (κ3) is 2.84. The SMILES string of the molecule is CCN(C)CCc1c[nH]c2cccc(ON3CC4CC3CO4)c12. The molecule has 5 heteroatoms. The second-order valence-corrected chi connectivity index (χ2v) is 6.67. The highest BCUT2D eigenvalue weighted by Crippen LogP contribution is 2.33. The lowest BCUT2D eigenvalue weighted by molar-refractivity contribution is -0.121. The summed E-state index contributed by atoms with van der Waals surface area (Å²) in [6.07, 6.45) is 4.60. The predicted molar refractivity (Wildman–Crippen MR) is 90.7 cm³/mol. The van der Waals surface area contributed by atoms with Gasteiger partial charge in [0.15, 0.2) is 5.75 Å². The standard InChI is InChI=1S/C18H25N3O2/c1-3-20(2)8-7-13-10-19-16-5-4-6-17(18(13)16)23-21-11-15-9-14(21)12-22-15/h4-6,10,14-15,19H,3,7-9,11-12H2,1-2H3. The Morgan fingerprint density at radius 2 is 2.35 bits per heavy atom. The fraction of sp³-hybridized carbons (Fsp3) is 0.556. The highest BCUT2D eigenvalue weighted by atomic mass is 16.7. The number of H-pyrrole nitrogens is 1. The summed E-state index contributed by atoms with van der Waals surface area (Å²) in [6, 6.07) is 6.66. The van der Waals surface area contributed by atoms with Crippen LogP contribution in [0.25, 0.3) is 10.9 Å². The molecule has 1 aromatic heterocycles. The number of aromatic nitrogens is 1. The number of hydroxylamine groups is 2. The van der Waals surface area contributed by atoms with Crippen molar-refractivity contribution in [3.63, 3.8) is 0 Å². The minimum Gasteiger partial charge on any atom is -0.405 e. The van der Waals surface area contributed by atoms with Gasteiger partial charge in [-0.25, -0.2) is 0 Å². The fourth-order valence-corrected chi connectivity index (χ4v) is 3.56. The zero-order chi connectivity index (χ0) is 15.8. The number of rotatable bonds is 6. The van der Waals surface area contributed by atoms with Gasteiger partial charge in [0.25, 0.3) is 0 Å². The number of fused-ring (bicyclic) bond motifs is 3. The maximum absolute atomic E-state index is 6.27. The molecule has 1 aromatic carbocycles. The van der Waals surface area contributed by atoms with Crippen LogP contribution in [0.4, 0.5) is 0 Å². The molecular formula is C18H25N3O2. The van der Waals surface area contributed by atoms with Gasteiger partial charge in [-0.15, -0.1) is 5.06 Å². The molecule has 2 saturated heterocycles. The van der Waals surface area contributed by atoms with E-state index >= 15 is 0 Å². The molecule has 2 aliphatic rings. The van der Waals surface area contributed by atoms with Gasteiger partial charge < -0.3 is 19.5 Å². The summed E-state index contributed by atoms with van der Waals surface area (Å²) >= 11 is 0. The summed E-state index contributed by atoms with van der Waals surface area (Å²) in [5.41, 5.74) is 2.48. The zero-order valence-corrected chi connectivity index (χ0v) is 13.9. The van der Waals surface area contributed by atoms with Crippen molar-refractivity contribution in [3.05, 3.63) is 30.0 Å². The van der Waals surface area contributed by atoms with Crippen LogP contribution in [0.5, 0.6) is 5.75 Å². The summed E-state index contributed by atoms with van der Waals surface area (Å²) in [5.74, 6) is 0.963. The summed E-state index contributed by atoms with van der Waals surface area (Å²) in [6.45, 7) is 5.98. The molecule has 3 heterocycles. The first-order chi connectivity index (χ1) is 11.2. The summed E-state index contributed by atoms with van der Waals surface area (Å²) < 4.78 is 5.66. The largest absolute Gasteiger partial charge is 0.405 e. The number of benzene rings is 1. The van der Waals surface area contributed by atoms with E-state index in [9.17, 15) is 0 Å². The van der Waals surface area contributed by atoms with Crippen molar-refractivity contribution in [1.29, 1.82) is 0 Å². The Morgan fingerprint density at radius 1 is 1.43 bits per heavy atom. The van der Waals surface area contributed by atoms with Crippen molar-refractivity contribution >= 4 is 10.9 Å². The molecule has 0 spiro atoms. The van der Waals surface area contributed by atoms with Crippen LogP contribution in [-0.4, -0.2) is 60.4 Å². The van der Waals surface area contributed by atoms with Crippen LogP contribution in [0.3, 0.4) is 0 Å². The molecule has 0 saturated carbocycles. The molecular weight excluding hydrogens is 290 g/mol. The van der Waals surface area contributed by atoms with Crippen molar-refractivity contribution in [2.24, 2.45) is 0 Å². The van der Waals surface area contributed by atoms with Gasteiger partial charge in [-0.05, 0) is 44.1 Å². The number of hydrogen-bond acceptors (Lipinski definition) is 4. The van der Waals surface area contributed by atoms with Crippen LogP contribution in [0, 0.1) is 0 Å². The van der Waals surface area contributed by atoms with Crippen LogP contribution in [0.15, 0.2) is 24.4 Å². The van der Waals surface area contributed by atoms with Gasteiger partial charge in [0.1, 0.15) is 0 Å². The Balaban J connectivity index is 1.57. The van der Waals surface area contributed by atoms with Crippen LogP contribution in [0.1, 0.15) is 18.9 Å². The van der Waals surface area contributed by atoms with E-state index in [1.165, 1.54) is 10.9 Å². The lowest BCUT2D eigenvalue weighted by Crippen LogP contribution is -2.39. The number of ether oxygens (including phenoxy) is 1. The molecule has 0 radical (unpaired) electrons. The van der Waals surface area contributed by atoms with Gasteiger partial charge in [-0.2, -0.15) is 0 Å². The maximum atomic E-state index is 6.27. The molecule has 4 rings (SSSR count). The number of hydrogen-bond donors (Lipinski definition) is 1. The Bertz CT molecular complexity index is 684. The monoisotopic (exact) mass is 315 g/mol. The van der Waals surface area contributed by atoms with E-state index in [1.807, 2.05) is 0 Å². The molecule has 5 nitrogen and oxygen atoms in total. The van der Waals surface area contributed by atoms with Crippen molar-refractivity contribution in [1.82, 2.24) is 14.9 Å². The van der Waals surface area contributed by atoms with Crippen molar-refractivity contribution < 1.29 is 9.57 Å². The molecule has 2 fully saturated rings. The van der Waals surface area contributed by atoms with E-state index in [0.29, 0.717) is 12.1 Å². The van der Waals surface area contributed by atoms with Gasteiger partial charge in [-0.3, -0.25) is 0 Å². The second-order valence-electron chi connectivity index (χ2n) is 6.67. The highest BCUT2D eigenvalue weighted by Gasteiger charge is 2.40. The smallest absolute Gasteiger partial charge is 0.157 e. The molecule has 0 aliphatic carbocycles. The molecule has 2 atom stereocenters. The normalized spacial score (nSPS) is 24.1. The van der Waals surface area contributed by atoms with Crippen LogP contribution >= 0.6 is 0 Å². The average molecular weight is 315 g/mol. The van der Waals surface area contributed by atoms with E-state index in [0.717, 1.165) is 50.3 Å². The average Bonchev–Trinajstić information content (AvgIpc) is 3.28. The topological polar surface area (TPSA) is 40.7 Å². The summed E-state index contributed by atoms with van der Waals surface area (Å²) in [5, 5.41) is 3.33. The third-order valence-corrected chi connectivity index (χ3v) is 5.12. The summed E-state index contributed by atoms with van der Waals surface area (Å²) in [4.78, 5) is 12.0. The Kier molecular flexibility index (Phi) is 4.01. The van der Waals surface area contributed by atoms with Crippen molar-refractivity contribution in [2.45, 2.75) is 31.9 Å². The first-order valence-electron chi connectivity index (χ1n) is 8.58. The maximum Gasteiger partial charge on any atom is 0.157 e. The fourth-order valence-electron chi connectivity index (χ4n) is 3.56. The Hall–Kier alpha value is -1.56. The van der Waals surface area contributed by atoms with Crippen molar-refractivity contribution in [3.8, 4) is 5.75 Å². The molecule has 2 unspecified atom stereocenters. The number of nitrogens with one attached hydrogen (secondary N) is 1. The van der Waals surface area contributed by atoms with E-state index in [4.69, 9.17) is 9.57 Å². The molecule has 124 valence electrons. The highest BCUT2D eigenvalue weighted by molar-refractivity contribution is 5.89. The Morgan fingerprint density at radius 3 is 3.09 bits per heavy atom. The summed E-state index contributed by atoms with van der Waals surface area (Å²) in [7, 11) is 2.16. The Labute approximate surface area is 137 Å². The van der Waals surface area contributed by atoms with Crippen LogP contribution in [-0.2, 0) is 11.2 Å². The van der Waals surface area contributed by atoms with Gasteiger partial charge in [0, 0.05) is 23.6 Å². The van der Waals surface area contributed by atoms with E-state index in [2.05, 4.69) is 53.3 Å². The van der Waals surface area contributed by atoms with Crippen LogP contribution < -0.4 is 4.84 Å². The number of morpholine rings is 1. The molecule has 2 aromatic rings. The number of aromatic amines is 1. The molecule has 0 amide bonds. The first-order valence-corrected chi connectivity index (χ1v) is 8.58. The van der Waals surface area contributed by atoms with Gasteiger partial charge in [0.2, 0.25) is 0 Å².